The second-order valence-corrected chi connectivity index (χ2v) is 11.7. The van der Waals surface area contributed by atoms with Crippen molar-refractivity contribution in [3.63, 3.8) is 0 Å². The molecule has 4 rings (SSSR count). The van der Waals surface area contributed by atoms with Crippen molar-refractivity contribution in [3.05, 3.63) is 12.7 Å². The third-order valence-electron chi connectivity index (χ3n) is 10.7. The van der Waals surface area contributed by atoms with Crippen LogP contribution >= 0.6 is 0 Å². The number of allylic oxidation sites excluding steroid dienone is 1. The van der Waals surface area contributed by atoms with Crippen LogP contribution in [0.3, 0.4) is 0 Å². The van der Waals surface area contributed by atoms with Gasteiger partial charge in [-0.3, -0.25) is 4.79 Å². The van der Waals surface area contributed by atoms with Gasteiger partial charge in [0.2, 0.25) is 0 Å². The van der Waals surface area contributed by atoms with Gasteiger partial charge in [0.25, 0.3) is 0 Å². The van der Waals surface area contributed by atoms with E-state index in [4.69, 9.17) is 5.11 Å². The normalized spacial score (nSPS) is 49.0. The minimum absolute atomic E-state index is 0.112. The summed E-state index contributed by atoms with van der Waals surface area (Å²) in [6.07, 6.45) is 13.4. The van der Waals surface area contributed by atoms with E-state index in [-0.39, 0.29) is 35.4 Å². The Labute approximate surface area is 188 Å². The first-order valence-corrected chi connectivity index (χ1v) is 13.0. The number of unbranched alkanes of at least 4 members (excludes halogenated alkanes) is 1. The summed E-state index contributed by atoms with van der Waals surface area (Å²) in [6, 6.07) is 0. The standard InChI is InChI=1S/C27H44O4/c1-4-19-22-16-18(28)12-14-26(22,3)20-13-15-27(5-2)17(8-6-7-9-23(29)30)10-11-21(27)24(20)25(19)31/h5,17-22,24-25,28,31H,2,4,6-16H2,1,3H3,(H,29,30)/t17-,18+,19+,20?,21?,22?,24?,25+,26+,27+/m0/s1. The summed E-state index contributed by atoms with van der Waals surface area (Å²) in [5.74, 6) is 2.00. The van der Waals surface area contributed by atoms with Crippen LogP contribution in [0.1, 0.15) is 90.9 Å². The van der Waals surface area contributed by atoms with Crippen LogP contribution in [0.15, 0.2) is 12.7 Å². The van der Waals surface area contributed by atoms with Gasteiger partial charge in [-0.05, 0) is 104 Å². The molecule has 4 aliphatic carbocycles. The summed E-state index contributed by atoms with van der Waals surface area (Å²) in [5.41, 5.74) is 0.345. The van der Waals surface area contributed by atoms with Crippen molar-refractivity contribution in [2.75, 3.05) is 0 Å². The second kappa shape index (κ2) is 8.82. The minimum atomic E-state index is -0.695. The van der Waals surface area contributed by atoms with E-state index in [2.05, 4.69) is 26.5 Å². The van der Waals surface area contributed by atoms with Crippen LogP contribution < -0.4 is 0 Å². The fraction of sp³-hybridized carbons (Fsp3) is 0.889. The van der Waals surface area contributed by atoms with Crippen LogP contribution in [0.5, 0.6) is 0 Å². The fourth-order valence-electron chi connectivity index (χ4n) is 9.30. The maximum atomic E-state index is 11.7. The van der Waals surface area contributed by atoms with Gasteiger partial charge in [-0.1, -0.05) is 32.8 Å². The first kappa shape index (κ1) is 23.3. The molecule has 0 radical (unpaired) electrons. The number of carboxylic acid groups (broad SMARTS) is 1. The number of carbonyl (C=O) groups is 1. The van der Waals surface area contributed by atoms with E-state index in [0.717, 1.165) is 51.4 Å². The molecule has 4 unspecified atom stereocenters. The molecule has 176 valence electrons. The topological polar surface area (TPSA) is 77.8 Å². The van der Waals surface area contributed by atoms with E-state index in [1.807, 2.05) is 0 Å². The summed E-state index contributed by atoms with van der Waals surface area (Å²) in [6.45, 7) is 9.03. The lowest BCUT2D eigenvalue weighted by Crippen LogP contribution is -2.62. The molecule has 0 bridgehead atoms. The monoisotopic (exact) mass is 432 g/mol. The van der Waals surface area contributed by atoms with E-state index >= 15 is 0 Å². The Balaban J connectivity index is 1.58. The maximum Gasteiger partial charge on any atom is 0.303 e. The van der Waals surface area contributed by atoms with Crippen LogP contribution in [-0.4, -0.2) is 33.5 Å². The molecule has 0 aromatic rings. The first-order valence-electron chi connectivity index (χ1n) is 13.0. The Morgan fingerprint density at radius 1 is 1.06 bits per heavy atom. The van der Waals surface area contributed by atoms with E-state index in [9.17, 15) is 15.0 Å². The molecular formula is C27H44O4. The van der Waals surface area contributed by atoms with Crippen LogP contribution in [0.4, 0.5) is 0 Å². The molecule has 31 heavy (non-hydrogen) atoms. The van der Waals surface area contributed by atoms with Crippen LogP contribution in [0.2, 0.25) is 0 Å². The largest absolute Gasteiger partial charge is 0.481 e. The SMILES string of the molecule is C=C[C@]12CCC3C(C1CC[C@@H]2CCCCC(=O)O)[C@H](O)[C@H](CC)C1C[C@H](O)CC[C@]31C. The zero-order valence-electron chi connectivity index (χ0n) is 19.6. The van der Waals surface area contributed by atoms with Crippen molar-refractivity contribution in [1.82, 2.24) is 0 Å². The fourth-order valence-corrected chi connectivity index (χ4v) is 9.30. The molecule has 0 saturated heterocycles. The van der Waals surface area contributed by atoms with E-state index < -0.39 is 5.97 Å². The zero-order chi connectivity index (χ0) is 22.4. The van der Waals surface area contributed by atoms with Gasteiger partial charge in [0.05, 0.1) is 12.2 Å². The van der Waals surface area contributed by atoms with Gasteiger partial charge >= 0.3 is 5.97 Å². The van der Waals surface area contributed by atoms with E-state index in [1.54, 1.807) is 0 Å². The third kappa shape index (κ3) is 3.70. The van der Waals surface area contributed by atoms with Crippen molar-refractivity contribution in [3.8, 4) is 0 Å². The number of fused-ring (bicyclic) bond motifs is 5. The highest BCUT2D eigenvalue weighted by Gasteiger charge is 2.64. The average molecular weight is 433 g/mol. The molecule has 4 nitrogen and oxygen atoms in total. The smallest absolute Gasteiger partial charge is 0.303 e. The molecule has 10 atom stereocenters. The number of aliphatic carboxylic acids is 1. The number of carboxylic acids is 1. The van der Waals surface area contributed by atoms with Gasteiger partial charge in [0, 0.05) is 6.42 Å². The molecule has 0 spiro atoms. The molecule has 4 aliphatic rings. The number of hydrogen-bond acceptors (Lipinski definition) is 3. The molecule has 0 amide bonds. The van der Waals surface area contributed by atoms with Crippen molar-refractivity contribution in [1.29, 1.82) is 0 Å². The number of rotatable bonds is 7. The van der Waals surface area contributed by atoms with Gasteiger partial charge < -0.3 is 15.3 Å². The molecular weight excluding hydrogens is 388 g/mol. The Bertz CT molecular complexity index is 676. The zero-order valence-corrected chi connectivity index (χ0v) is 19.6. The second-order valence-electron chi connectivity index (χ2n) is 11.7. The van der Waals surface area contributed by atoms with Crippen LogP contribution in [0.25, 0.3) is 0 Å². The van der Waals surface area contributed by atoms with Crippen molar-refractivity contribution in [2.45, 2.75) is 103 Å². The average Bonchev–Trinajstić information content (AvgIpc) is 3.11. The lowest BCUT2D eigenvalue weighted by atomic mass is 9.41. The van der Waals surface area contributed by atoms with Gasteiger partial charge in [-0.25, -0.2) is 0 Å². The van der Waals surface area contributed by atoms with Gasteiger partial charge in [0.15, 0.2) is 0 Å². The number of hydrogen-bond donors (Lipinski definition) is 3. The van der Waals surface area contributed by atoms with Crippen molar-refractivity contribution >= 4 is 5.97 Å². The third-order valence-corrected chi connectivity index (χ3v) is 10.7. The van der Waals surface area contributed by atoms with Crippen molar-refractivity contribution < 1.29 is 20.1 Å². The quantitative estimate of drug-likeness (QED) is 0.370. The van der Waals surface area contributed by atoms with Crippen molar-refractivity contribution in [2.24, 2.45) is 46.3 Å². The molecule has 4 saturated carbocycles. The van der Waals surface area contributed by atoms with E-state index in [0.29, 0.717) is 29.6 Å². The maximum absolute atomic E-state index is 11.7. The summed E-state index contributed by atoms with van der Waals surface area (Å²) >= 11 is 0. The summed E-state index contributed by atoms with van der Waals surface area (Å²) in [4.78, 5) is 10.9. The Kier molecular flexibility index (Phi) is 6.63. The lowest BCUT2D eigenvalue weighted by molar-refractivity contribution is -0.198. The molecule has 0 heterocycles. The van der Waals surface area contributed by atoms with Gasteiger partial charge in [0.1, 0.15) is 0 Å². The highest BCUT2D eigenvalue weighted by atomic mass is 16.4. The van der Waals surface area contributed by atoms with Crippen LogP contribution in [0, 0.1) is 46.3 Å². The van der Waals surface area contributed by atoms with Crippen LogP contribution in [-0.2, 0) is 4.79 Å². The molecule has 4 fully saturated rings. The highest BCUT2D eigenvalue weighted by Crippen LogP contribution is 2.69. The minimum Gasteiger partial charge on any atom is -0.481 e. The number of aliphatic hydroxyl groups excluding tert-OH is 2. The van der Waals surface area contributed by atoms with Gasteiger partial charge in [-0.2, -0.15) is 0 Å². The highest BCUT2D eigenvalue weighted by molar-refractivity contribution is 5.66. The summed E-state index contributed by atoms with van der Waals surface area (Å²) in [5, 5.41) is 31.1. The molecule has 0 aromatic heterocycles. The molecule has 4 heteroatoms. The predicted octanol–water partition coefficient (Wildman–Crippen LogP) is 5.42. The number of aliphatic hydroxyl groups is 2. The summed E-state index contributed by atoms with van der Waals surface area (Å²) in [7, 11) is 0. The lowest BCUT2D eigenvalue weighted by Gasteiger charge is -2.64. The Morgan fingerprint density at radius 2 is 1.84 bits per heavy atom. The predicted molar refractivity (Wildman–Crippen MR) is 122 cm³/mol. The van der Waals surface area contributed by atoms with E-state index in [1.165, 1.54) is 19.3 Å². The Hall–Kier alpha value is -0.870. The molecule has 0 aromatic carbocycles. The molecule has 0 aliphatic heterocycles. The first-order chi connectivity index (χ1) is 14.8. The van der Waals surface area contributed by atoms with Gasteiger partial charge in [-0.15, -0.1) is 6.58 Å². The summed E-state index contributed by atoms with van der Waals surface area (Å²) < 4.78 is 0. The molecule has 3 N–H and O–H groups in total. The Morgan fingerprint density at radius 3 is 2.52 bits per heavy atom.